The van der Waals surface area contributed by atoms with E-state index in [1.54, 1.807) is 12.1 Å². The first kappa shape index (κ1) is 23.2. The van der Waals surface area contributed by atoms with Gasteiger partial charge in [-0.3, -0.25) is 4.79 Å². The number of aryl methyl sites for hydroxylation is 1. The molecule has 2 atom stereocenters. The number of amides is 1. The number of aliphatic hydroxyl groups is 1. The van der Waals surface area contributed by atoms with Crippen molar-refractivity contribution in [1.29, 1.82) is 0 Å². The highest BCUT2D eigenvalue weighted by Crippen LogP contribution is 2.44. The van der Waals surface area contributed by atoms with Crippen LogP contribution in [0.3, 0.4) is 0 Å². The monoisotopic (exact) mass is 447 g/mol. The smallest absolute Gasteiger partial charge is 0.335 e. The highest BCUT2D eigenvalue weighted by Gasteiger charge is 2.41. The summed E-state index contributed by atoms with van der Waals surface area (Å²) in [4.78, 5) is 25.4. The predicted molar refractivity (Wildman–Crippen MR) is 128 cm³/mol. The van der Waals surface area contributed by atoms with E-state index >= 15 is 0 Å². The van der Waals surface area contributed by atoms with Crippen LogP contribution in [0.15, 0.2) is 60.7 Å². The molecule has 2 fully saturated rings. The Kier molecular flexibility index (Phi) is 6.99. The second kappa shape index (κ2) is 9.92. The van der Waals surface area contributed by atoms with E-state index < -0.39 is 12.1 Å². The van der Waals surface area contributed by atoms with Gasteiger partial charge in [0.05, 0.1) is 17.7 Å². The number of carbonyl (C=O) groups excluding carboxylic acids is 1. The average molecular weight is 448 g/mol. The van der Waals surface area contributed by atoms with Crippen molar-refractivity contribution in [1.82, 2.24) is 4.90 Å². The summed E-state index contributed by atoms with van der Waals surface area (Å²) in [5.74, 6) is -0.805. The lowest BCUT2D eigenvalue weighted by atomic mass is 9.73. The number of hydrogen-bond donors (Lipinski definition) is 2. The Morgan fingerprint density at radius 3 is 2.42 bits per heavy atom. The molecule has 2 aliphatic rings. The van der Waals surface area contributed by atoms with Gasteiger partial charge in [-0.15, -0.1) is 0 Å². The van der Waals surface area contributed by atoms with Crippen molar-refractivity contribution < 1.29 is 19.8 Å². The molecule has 1 saturated heterocycles. The molecule has 5 heteroatoms. The Bertz CT molecular complexity index is 1000. The van der Waals surface area contributed by atoms with E-state index in [0.29, 0.717) is 19.4 Å². The van der Waals surface area contributed by atoms with E-state index in [9.17, 15) is 14.7 Å². The van der Waals surface area contributed by atoms with Crippen LogP contribution in [-0.4, -0.2) is 45.7 Å². The van der Waals surface area contributed by atoms with E-state index in [2.05, 4.69) is 31.2 Å². The Hall–Kier alpha value is -2.92. The lowest BCUT2D eigenvalue weighted by molar-refractivity contribution is -0.128. The molecule has 0 spiro atoms. The fourth-order valence-electron chi connectivity index (χ4n) is 5.37. The molecule has 1 heterocycles. The van der Waals surface area contributed by atoms with Gasteiger partial charge in [-0.1, -0.05) is 67.0 Å². The number of likely N-dealkylation sites (tertiary alicyclic amines) is 1. The number of carbonyl (C=O) groups is 2. The van der Waals surface area contributed by atoms with E-state index in [-0.39, 0.29) is 22.9 Å². The quantitative estimate of drug-likeness (QED) is 0.577. The highest BCUT2D eigenvalue weighted by molar-refractivity contribution is 5.87. The minimum absolute atomic E-state index is 0.0121. The SMILES string of the molecule is Cc1ccc(C2([C@@H](O)C=C[C@H]3CCC(=O)N3CCc3ccc(C(=O)O)cc3)CCCC2)cc1. The number of aliphatic hydroxyl groups excluding tert-OH is 1. The van der Waals surface area contributed by atoms with Gasteiger partial charge in [-0.25, -0.2) is 4.79 Å². The van der Waals surface area contributed by atoms with E-state index in [4.69, 9.17) is 5.11 Å². The Labute approximate surface area is 195 Å². The lowest BCUT2D eigenvalue weighted by Gasteiger charge is -2.34. The first-order valence-corrected chi connectivity index (χ1v) is 11.9. The van der Waals surface area contributed by atoms with Crippen molar-refractivity contribution in [2.24, 2.45) is 0 Å². The summed E-state index contributed by atoms with van der Waals surface area (Å²) >= 11 is 0. The molecule has 5 nitrogen and oxygen atoms in total. The number of hydrogen-bond acceptors (Lipinski definition) is 3. The fraction of sp³-hybridized carbons (Fsp3) is 0.429. The largest absolute Gasteiger partial charge is 0.478 e. The van der Waals surface area contributed by atoms with Gasteiger partial charge in [-0.2, -0.15) is 0 Å². The first-order valence-electron chi connectivity index (χ1n) is 11.9. The normalized spacial score (nSPS) is 21.1. The van der Waals surface area contributed by atoms with Gasteiger partial charge in [0, 0.05) is 18.4 Å². The van der Waals surface area contributed by atoms with Crippen molar-refractivity contribution in [3.63, 3.8) is 0 Å². The molecule has 174 valence electrons. The van der Waals surface area contributed by atoms with Gasteiger partial charge in [0.2, 0.25) is 5.91 Å². The average Bonchev–Trinajstić information content (AvgIpc) is 3.44. The van der Waals surface area contributed by atoms with Gasteiger partial charge < -0.3 is 15.1 Å². The zero-order chi connectivity index (χ0) is 23.4. The maximum Gasteiger partial charge on any atom is 0.335 e. The third kappa shape index (κ3) is 5.03. The van der Waals surface area contributed by atoms with Crippen molar-refractivity contribution in [3.05, 3.63) is 82.9 Å². The molecule has 2 aromatic rings. The zero-order valence-electron chi connectivity index (χ0n) is 19.2. The summed E-state index contributed by atoms with van der Waals surface area (Å²) in [5, 5.41) is 20.3. The number of nitrogens with zero attached hydrogens (tertiary/aromatic N) is 1. The first-order chi connectivity index (χ1) is 15.9. The molecule has 1 amide bonds. The van der Waals surface area contributed by atoms with Crippen LogP contribution in [0.5, 0.6) is 0 Å². The van der Waals surface area contributed by atoms with Crippen LogP contribution in [0.2, 0.25) is 0 Å². The van der Waals surface area contributed by atoms with Crippen molar-refractivity contribution >= 4 is 11.9 Å². The van der Waals surface area contributed by atoms with Crippen LogP contribution in [0.4, 0.5) is 0 Å². The summed E-state index contributed by atoms with van der Waals surface area (Å²) in [5.41, 5.74) is 3.44. The van der Waals surface area contributed by atoms with Gasteiger partial charge in [0.1, 0.15) is 0 Å². The third-order valence-corrected chi connectivity index (χ3v) is 7.42. The summed E-state index contributed by atoms with van der Waals surface area (Å²) in [6, 6.07) is 15.3. The number of carboxylic acids is 1. The lowest BCUT2D eigenvalue weighted by Crippen LogP contribution is -2.37. The van der Waals surface area contributed by atoms with Crippen LogP contribution in [-0.2, 0) is 16.6 Å². The molecule has 0 aromatic heterocycles. The van der Waals surface area contributed by atoms with E-state index in [1.807, 2.05) is 29.2 Å². The number of aromatic carboxylic acids is 1. The third-order valence-electron chi connectivity index (χ3n) is 7.42. The van der Waals surface area contributed by atoms with E-state index in [1.165, 1.54) is 11.1 Å². The summed E-state index contributed by atoms with van der Waals surface area (Å²) in [7, 11) is 0. The predicted octanol–water partition coefficient (Wildman–Crippen LogP) is 4.66. The Balaban J connectivity index is 1.43. The summed E-state index contributed by atoms with van der Waals surface area (Å²) in [6.45, 7) is 2.66. The molecule has 0 unspecified atom stereocenters. The molecule has 0 bridgehead atoms. The van der Waals surface area contributed by atoms with Crippen LogP contribution >= 0.6 is 0 Å². The van der Waals surface area contributed by atoms with Crippen molar-refractivity contribution in [2.45, 2.75) is 69.4 Å². The minimum Gasteiger partial charge on any atom is -0.478 e. The minimum atomic E-state index is -0.939. The fourth-order valence-corrected chi connectivity index (χ4v) is 5.37. The second-order valence-electron chi connectivity index (χ2n) is 9.50. The van der Waals surface area contributed by atoms with Crippen LogP contribution in [0, 0.1) is 6.92 Å². The molecular weight excluding hydrogens is 414 g/mol. The Morgan fingerprint density at radius 2 is 1.79 bits per heavy atom. The highest BCUT2D eigenvalue weighted by atomic mass is 16.4. The second-order valence-corrected chi connectivity index (χ2v) is 9.50. The molecule has 2 aromatic carbocycles. The molecule has 33 heavy (non-hydrogen) atoms. The number of carboxylic acid groups (broad SMARTS) is 1. The van der Waals surface area contributed by atoms with Gasteiger partial charge in [-0.05, 0) is 55.9 Å². The standard InChI is InChI=1S/C28H33NO4/c1-20-4-10-23(11-5-20)28(17-2-3-18-28)25(30)14-12-24-13-15-26(31)29(24)19-16-21-6-8-22(9-7-21)27(32)33/h4-12,14,24-25,30H,2-3,13,15-19H2,1H3,(H,32,33)/t24-,25-/m0/s1. The number of rotatable bonds is 8. The van der Waals surface area contributed by atoms with Crippen molar-refractivity contribution in [3.8, 4) is 0 Å². The van der Waals surface area contributed by atoms with Crippen LogP contribution in [0.1, 0.15) is 65.6 Å². The topological polar surface area (TPSA) is 77.8 Å². The van der Waals surface area contributed by atoms with Crippen LogP contribution < -0.4 is 0 Å². The molecule has 1 aliphatic heterocycles. The Morgan fingerprint density at radius 1 is 1.12 bits per heavy atom. The maximum atomic E-state index is 12.5. The summed E-state index contributed by atoms with van der Waals surface area (Å²) < 4.78 is 0. The molecular formula is C28H33NO4. The molecule has 1 saturated carbocycles. The molecule has 1 aliphatic carbocycles. The zero-order valence-corrected chi connectivity index (χ0v) is 19.2. The molecule has 2 N–H and O–H groups in total. The maximum absolute atomic E-state index is 12.5. The summed E-state index contributed by atoms with van der Waals surface area (Å²) in [6.07, 6.45) is 9.50. The van der Waals surface area contributed by atoms with Crippen molar-refractivity contribution in [2.75, 3.05) is 6.54 Å². The van der Waals surface area contributed by atoms with Gasteiger partial charge in [0.15, 0.2) is 0 Å². The van der Waals surface area contributed by atoms with Crippen LogP contribution in [0.25, 0.3) is 0 Å². The van der Waals surface area contributed by atoms with Gasteiger partial charge in [0.25, 0.3) is 0 Å². The van der Waals surface area contributed by atoms with Gasteiger partial charge >= 0.3 is 5.97 Å². The number of benzene rings is 2. The molecule has 0 radical (unpaired) electrons. The van der Waals surface area contributed by atoms with E-state index in [0.717, 1.165) is 37.7 Å². The molecule has 4 rings (SSSR count).